The maximum absolute atomic E-state index is 12.4. The van der Waals surface area contributed by atoms with Crippen LogP contribution in [0.25, 0.3) is 0 Å². The number of rotatable bonds is 3. The van der Waals surface area contributed by atoms with Gasteiger partial charge < -0.3 is 4.42 Å². The summed E-state index contributed by atoms with van der Waals surface area (Å²) >= 11 is 0. The van der Waals surface area contributed by atoms with Crippen LogP contribution in [0.3, 0.4) is 0 Å². The van der Waals surface area contributed by atoms with Crippen LogP contribution in [-0.2, 0) is 6.18 Å². The molecule has 0 spiro atoms. The van der Waals surface area contributed by atoms with Crippen LogP contribution in [0.5, 0.6) is 0 Å². The molecule has 20 heavy (non-hydrogen) atoms. The quantitative estimate of drug-likeness (QED) is 0.810. The third-order valence-electron chi connectivity index (χ3n) is 2.56. The molecule has 0 aromatic carbocycles. The van der Waals surface area contributed by atoms with Gasteiger partial charge in [-0.2, -0.15) is 18.4 Å². The van der Waals surface area contributed by atoms with Gasteiger partial charge in [0.25, 0.3) is 0 Å². The molecule has 102 valence electrons. The molecule has 4 nitrogen and oxygen atoms in total. The zero-order valence-electron chi connectivity index (χ0n) is 9.89. The molecule has 0 fully saturated rings. The Morgan fingerprint density at radius 2 is 2.10 bits per heavy atom. The van der Waals surface area contributed by atoms with Crippen LogP contribution in [-0.4, -0.2) is 10.8 Å². The molecule has 2 heterocycles. The predicted molar refractivity (Wildman–Crippen MR) is 60.6 cm³/mol. The van der Waals surface area contributed by atoms with Gasteiger partial charge in [-0.15, -0.1) is 0 Å². The molecule has 0 aliphatic carbocycles. The average Bonchev–Trinajstić information content (AvgIpc) is 2.93. The normalized spacial score (nSPS) is 12.7. The highest BCUT2D eigenvalue weighted by Crippen LogP contribution is 2.29. The van der Waals surface area contributed by atoms with Crippen LogP contribution in [0.1, 0.15) is 27.7 Å². The van der Waals surface area contributed by atoms with E-state index in [2.05, 4.69) is 4.98 Å². The lowest BCUT2D eigenvalue weighted by molar-refractivity contribution is -0.137. The molecular weight excluding hydrogens is 273 g/mol. The number of aromatic nitrogens is 1. The minimum Gasteiger partial charge on any atom is -0.461 e. The van der Waals surface area contributed by atoms with Crippen LogP contribution in [0.2, 0.25) is 0 Å². The van der Waals surface area contributed by atoms with E-state index in [1.807, 2.05) is 0 Å². The zero-order valence-corrected chi connectivity index (χ0v) is 9.89. The molecule has 2 aromatic heterocycles. The first-order valence-corrected chi connectivity index (χ1v) is 5.44. The number of hydrogen-bond acceptors (Lipinski definition) is 4. The van der Waals surface area contributed by atoms with Crippen LogP contribution < -0.4 is 0 Å². The predicted octanol–water partition coefficient (Wildman–Crippen LogP) is 3.18. The zero-order chi connectivity index (χ0) is 14.8. The van der Waals surface area contributed by atoms with E-state index >= 15 is 0 Å². The number of hydrogen-bond donors (Lipinski definition) is 0. The molecule has 0 bridgehead atoms. The van der Waals surface area contributed by atoms with Crippen molar-refractivity contribution in [1.82, 2.24) is 4.98 Å². The summed E-state index contributed by atoms with van der Waals surface area (Å²) in [5.74, 6) is -1.99. The summed E-state index contributed by atoms with van der Waals surface area (Å²) < 4.78 is 42.1. The average molecular weight is 280 g/mol. The Kier molecular flexibility index (Phi) is 3.57. The topological polar surface area (TPSA) is 66.9 Å². The van der Waals surface area contributed by atoms with E-state index < -0.39 is 23.4 Å². The Balaban J connectivity index is 2.30. The van der Waals surface area contributed by atoms with Crippen LogP contribution in [0, 0.1) is 11.3 Å². The number of carbonyl (C=O) groups is 1. The van der Waals surface area contributed by atoms with Crippen LogP contribution in [0.4, 0.5) is 13.2 Å². The van der Waals surface area contributed by atoms with Gasteiger partial charge in [0.2, 0.25) is 5.78 Å². The number of carbonyl (C=O) groups excluding carboxylic acids is 1. The molecule has 0 saturated heterocycles. The molecule has 0 aliphatic heterocycles. The highest BCUT2D eigenvalue weighted by molar-refractivity contribution is 6.00. The van der Waals surface area contributed by atoms with Crippen molar-refractivity contribution < 1.29 is 22.4 Å². The fraction of sp³-hybridized carbons (Fsp3) is 0.154. The number of pyridine rings is 1. The molecule has 1 atom stereocenters. The fourth-order valence-corrected chi connectivity index (χ4v) is 1.56. The van der Waals surface area contributed by atoms with Gasteiger partial charge in [0.1, 0.15) is 0 Å². The van der Waals surface area contributed by atoms with E-state index in [1.165, 1.54) is 18.4 Å². The first kappa shape index (κ1) is 13.8. The molecule has 2 rings (SSSR count). The van der Waals surface area contributed by atoms with Crippen molar-refractivity contribution in [3.63, 3.8) is 0 Å². The molecular formula is C13H7F3N2O2. The van der Waals surface area contributed by atoms with E-state index in [-0.39, 0.29) is 11.5 Å². The SMILES string of the molecule is N#C[C@H](C(=O)c1ccco1)c1ccc(C(F)(F)F)cn1. The lowest BCUT2D eigenvalue weighted by Gasteiger charge is -2.09. The first-order chi connectivity index (χ1) is 9.43. The number of Topliss-reactive ketones (excluding diaryl/α,β-unsaturated/α-hetero) is 1. The molecule has 0 N–H and O–H groups in total. The summed E-state index contributed by atoms with van der Waals surface area (Å²) in [7, 11) is 0. The molecule has 0 amide bonds. The number of nitriles is 1. The van der Waals surface area contributed by atoms with Gasteiger partial charge in [0, 0.05) is 6.20 Å². The summed E-state index contributed by atoms with van der Waals surface area (Å²) in [6, 6.07) is 6.35. The van der Waals surface area contributed by atoms with Crippen molar-refractivity contribution in [1.29, 1.82) is 5.26 Å². The second-order valence-corrected chi connectivity index (χ2v) is 3.87. The van der Waals surface area contributed by atoms with Crippen molar-refractivity contribution in [2.24, 2.45) is 0 Å². The summed E-state index contributed by atoms with van der Waals surface area (Å²) in [6.07, 6.45) is -2.66. The Bertz CT molecular complexity index is 640. The van der Waals surface area contributed by atoms with Gasteiger partial charge in [-0.25, -0.2) is 0 Å². The number of halogens is 3. The molecule has 7 heteroatoms. The monoisotopic (exact) mass is 280 g/mol. The van der Waals surface area contributed by atoms with Crippen molar-refractivity contribution in [2.75, 3.05) is 0 Å². The maximum Gasteiger partial charge on any atom is 0.417 e. The number of alkyl halides is 3. The molecule has 0 aliphatic rings. The fourth-order valence-electron chi connectivity index (χ4n) is 1.56. The Morgan fingerprint density at radius 1 is 1.35 bits per heavy atom. The van der Waals surface area contributed by atoms with Gasteiger partial charge in [-0.3, -0.25) is 9.78 Å². The van der Waals surface area contributed by atoms with Crippen LogP contribution in [0.15, 0.2) is 41.1 Å². The first-order valence-electron chi connectivity index (χ1n) is 5.44. The summed E-state index contributed by atoms with van der Waals surface area (Å²) in [5.41, 5.74) is -0.995. The lowest BCUT2D eigenvalue weighted by Crippen LogP contribution is -2.13. The van der Waals surface area contributed by atoms with Gasteiger partial charge in [0.05, 0.1) is 23.6 Å². The standard InChI is InChI=1S/C13H7F3N2O2/c14-13(15,16)8-3-4-10(18-7-8)9(6-17)12(19)11-2-1-5-20-11/h1-5,7,9H/t9-/m0/s1. The third kappa shape index (κ3) is 2.69. The minimum absolute atomic E-state index is 0.0433. The maximum atomic E-state index is 12.4. The van der Waals surface area contributed by atoms with Gasteiger partial charge in [0.15, 0.2) is 11.7 Å². The summed E-state index contributed by atoms with van der Waals surface area (Å²) in [6.45, 7) is 0. The largest absolute Gasteiger partial charge is 0.461 e. The van der Waals surface area contributed by atoms with Gasteiger partial charge in [-0.1, -0.05) is 0 Å². The molecule has 2 aromatic rings. The Morgan fingerprint density at radius 3 is 2.55 bits per heavy atom. The van der Waals surface area contributed by atoms with Crippen LogP contribution >= 0.6 is 0 Å². The van der Waals surface area contributed by atoms with Gasteiger partial charge >= 0.3 is 6.18 Å². The van der Waals surface area contributed by atoms with Crippen molar-refractivity contribution in [3.8, 4) is 6.07 Å². The van der Waals surface area contributed by atoms with Crippen molar-refractivity contribution in [2.45, 2.75) is 12.1 Å². The number of furan rings is 1. The lowest BCUT2D eigenvalue weighted by atomic mass is 9.99. The molecule has 0 saturated carbocycles. The number of nitrogens with zero attached hydrogens (tertiary/aromatic N) is 2. The second kappa shape index (κ2) is 5.17. The van der Waals surface area contributed by atoms with E-state index in [4.69, 9.17) is 9.68 Å². The third-order valence-corrected chi connectivity index (χ3v) is 2.56. The molecule has 0 unspecified atom stereocenters. The molecule has 0 radical (unpaired) electrons. The highest BCUT2D eigenvalue weighted by Gasteiger charge is 2.32. The minimum atomic E-state index is -4.52. The number of ketones is 1. The summed E-state index contributed by atoms with van der Waals surface area (Å²) in [4.78, 5) is 15.5. The Hall–Kier alpha value is -2.62. The highest BCUT2D eigenvalue weighted by atomic mass is 19.4. The van der Waals surface area contributed by atoms with E-state index in [1.54, 1.807) is 6.07 Å². The van der Waals surface area contributed by atoms with Crippen molar-refractivity contribution >= 4 is 5.78 Å². The van der Waals surface area contributed by atoms with E-state index in [0.717, 1.165) is 12.1 Å². The van der Waals surface area contributed by atoms with Gasteiger partial charge in [-0.05, 0) is 24.3 Å². The smallest absolute Gasteiger partial charge is 0.417 e. The Labute approximate surface area is 111 Å². The summed E-state index contributed by atoms with van der Waals surface area (Å²) in [5, 5.41) is 9.00. The van der Waals surface area contributed by atoms with E-state index in [9.17, 15) is 18.0 Å². The van der Waals surface area contributed by atoms with Crippen molar-refractivity contribution in [3.05, 3.63) is 53.7 Å². The van der Waals surface area contributed by atoms with E-state index in [0.29, 0.717) is 6.20 Å². The second-order valence-electron chi connectivity index (χ2n) is 3.87.